The Balaban J connectivity index is 2.25. The summed E-state index contributed by atoms with van der Waals surface area (Å²) in [6, 6.07) is 7.20. The molecule has 1 saturated heterocycles. The predicted octanol–water partition coefficient (Wildman–Crippen LogP) is 4.51. The molecule has 27 heavy (non-hydrogen) atoms. The molecule has 1 amide bonds. The van der Waals surface area contributed by atoms with Crippen LogP contribution < -0.4 is 0 Å². The topological polar surface area (TPSA) is 48.0 Å². The Hall–Kier alpha value is -1.80. The second-order valence-corrected chi connectivity index (χ2v) is 7.93. The number of benzene rings is 1. The zero-order valence-electron chi connectivity index (χ0n) is 16.2. The van der Waals surface area contributed by atoms with E-state index in [9.17, 15) is 18.0 Å². The number of hydrogen-bond acceptors (Lipinski definition) is 4. The first kappa shape index (κ1) is 21.5. The fourth-order valence-electron chi connectivity index (χ4n) is 2.91. The van der Waals surface area contributed by atoms with E-state index in [0.29, 0.717) is 5.56 Å². The minimum atomic E-state index is -4.68. The molecule has 2 atom stereocenters. The summed E-state index contributed by atoms with van der Waals surface area (Å²) in [4.78, 5) is 13.6. The molecular formula is C19H26F3NO4. The summed E-state index contributed by atoms with van der Waals surface area (Å²) in [5, 5.41) is 0. The molecule has 0 radical (unpaired) electrons. The largest absolute Gasteiger partial charge is 0.444 e. The standard InChI is InChI=1S/C19H26F3NO4/c1-17(2,3)27-16(24)23-14(12-26-18(23,4)5)15(19(20,21)22)25-11-13-9-7-6-8-10-13/h6-10,14-15H,11-12H2,1-5H3/t14?,15-/m1/s1. The highest BCUT2D eigenvalue weighted by atomic mass is 19.4. The number of hydrogen-bond donors (Lipinski definition) is 0. The molecule has 8 heteroatoms. The molecule has 0 aromatic heterocycles. The molecule has 0 spiro atoms. The van der Waals surface area contributed by atoms with Crippen LogP contribution in [0.4, 0.5) is 18.0 Å². The maximum absolute atomic E-state index is 13.7. The quantitative estimate of drug-likeness (QED) is 0.760. The fraction of sp³-hybridized carbons (Fsp3) is 0.632. The van der Waals surface area contributed by atoms with Gasteiger partial charge in [-0.25, -0.2) is 4.79 Å². The van der Waals surface area contributed by atoms with Crippen molar-refractivity contribution >= 4 is 6.09 Å². The first-order valence-corrected chi connectivity index (χ1v) is 8.70. The van der Waals surface area contributed by atoms with Crippen molar-refractivity contribution in [3.05, 3.63) is 35.9 Å². The Labute approximate surface area is 157 Å². The van der Waals surface area contributed by atoms with Gasteiger partial charge >= 0.3 is 12.3 Å². The molecule has 152 valence electrons. The summed E-state index contributed by atoms with van der Waals surface area (Å²) in [6.45, 7) is 7.48. The van der Waals surface area contributed by atoms with E-state index >= 15 is 0 Å². The molecule has 1 aromatic carbocycles. The molecule has 1 aromatic rings. The van der Waals surface area contributed by atoms with E-state index in [4.69, 9.17) is 14.2 Å². The fourth-order valence-corrected chi connectivity index (χ4v) is 2.91. The van der Waals surface area contributed by atoms with Gasteiger partial charge in [-0.15, -0.1) is 0 Å². The van der Waals surface area contributed by atoms with Gasteiger partial charge in [-0.1, -0.05) is 30.3 Å². The third-order valence-electron chi connectivity index (χ3n) is 4.05. The van der Waals surface area contributed by atoms with E-state index in [1.807, 2.05) is 0 Å². The van der Waals surface area contributed by atoms with Gasteiger partial charge in [-0.05, 0) is 40.2 Å². The molecule has 1 aliphatic rings. The highest BCUT2D eigenvalue weighted by molar-refractivity contribution is 5.70. The lowest BCUT2D eigenvalue weighted by Crippen LogP contribution is -2.57. The van der Waals surface area contributed by atoms with E-state index in [1.165, 1.54) is 13.8 Å². The van der Waals surface area contributed by atoms with Crippen LogP contribution in [0.2, 0.25) is 0 Å². The Morgan fingerprint density at radius 2 is 1.85 bits per heavy atom. The van der Waals surface area contributed by atoms with Crippen LogP contribution >= 0.6 is 0 Å². The second-order valence-electron chi connectivity index (χ2n) is 7.93. The molecule has 0 bridgehead atoms. The average molecular weight is 389 g/mol. The van der Waals surface area contributed by atoms with Crippen LogP contribution in [-0.2, 0) is 20.8 Å². The predicted molar refractivity (Wildman–Crippen MR) is 93.0 cm³/mol. The van der Waals surface area contributed by atoms with Crippen LogP contribution in [0.5, 0.6) is 0 Å². The monoisotopic (exact) mass is 389 g/mol. The molecule has 1 aliphatic heterocycles. The number of amides is 1. The summed E-state index contributed by atoms with van der Waals surface area (Å²) in [5.41, 5.74) is -1.49. The van der Waals surface area contributed by atoms with Gasteiger partial charge in [0, 0.05) is 0 Å². The molecule has 0 aliphatic carbocycles. The average Bonchev–Trinajstić information content (AvgIpc) is 2.81. The molecule has 5 nitrogen and oxygen atoms in total. The molecular weight excluding hydrogens is 363 g/mol. The molecule has 1 heterocycles. The normalized spacial score (nSPS) is 21.2. The van der Waals surface area contributed by atoms with Crippen molar-refractivity contribution in [3.8, 4) is 0 Å². The Kier molecular flexibility index (Phi) is 6.11. The van der Waals surface area contributed by atoms with Gasteiger partial charge < -0.3 is 14.2 Å². The smallest absolute Gasteiger partial charge is 0.416 e. The lowest BCUT2D eigenvalue weighted by atomic mass is 10.1. The molecule has 0 N–H and O–H groups in total. The SMILES string of the molecule is CC(C)(C)OC(=O)N1C([C@@H](OCc2ccccc2)C(F)(F)F)COC1(C)C. The van der Waals surface area contributed by atoms with Gasteiger partial charge in [0.2, 0.25) is 0 Å². The molecule has 1 unspecified atom stereocenters. The Bertz CT molecular complexity index is 641. The summed E-state index contributed by atoms with van der Waals surface area (Å²) in [5.74, 6) is 0. The van der Waals surface area contributed by atoms with Gasteiger partial charge in [0.1, 0.15) is 11.3 Å². The lowest BCUT2D eigenvalue weighted by Gasteiger charge is -2.38. The second kappa shape index (κ2) is 7.67. The number of alkyl halides is 3. The van der Waals surface area contributed by atoms with Crippen molar-refractivity contribution in [1.29, 1.82) is 0 Å². The summed E-state index contributed by atoms with van der Waals surface area (Å²) >= 11 is 0. The summed E-state index contributed by atoms with van der Waals surface area (Å²) < 4.78 is 57.2. The van der Waals surface area contributed by atoms with E-state index in [0.717, 1.165) is 4.90 Å². The molecule has 0 saturated carbocycles. The maximum Gasteiger partial charge on any atom is 0.416 e. The maximum atomic E-state index is 13.7. The number of rotatable bonds is 4. The van der Waals surface area contributed by atoms with Gasteiger partial charge in [-0.3, -0.25) is 4.90 Å². The van der Waals surface area contributed by atoms with Crippen LogP contribution in [0.25, 0.3) is 0 Å². The van der Waals surface area contributed by atoms with E-state index < -0.39 is 35.7 Å². The van der Waals surface area contributed by atoms with Gasteiger partial charge in [-0.2, -0.15) is 13.2 Å². The Morgan fingerprint density at radius 1 is 1.26 bits per heavy atom. The van der Waals surface area contributed by atoms with Crippen LogP contribution in [-0.4, -0.2) is 47.2 Å². The first-order valence-electron chi connectivity index (χ1n) is 8.70. The van der Waals surface area contributed by atoms with Crippen LogP contribution in [0, 0.1) is 0 Å². The zero-order chi connectivity index (χ0) is 20.5. The first-order chi connectivity index (χ1) is 12.3. The number of halogens is 3. The number of carbonyl (C=O) groups excluding carboxylic acids is 1. The van der Waals surface area contributed by atoms with Crippen LogP contribution in [0.1, 0.15) is 40.2 Å². The number of ether oxygens (including phenoxy) is 3. The van der Waals surface area contributed by atoms with Crippen LogP contribution in [0.15, 0.2) is 30.3 Å². The number of carbonyl (C=O) groups is 1. The zero-order valence-corrected chi connectivity index (χ0v) is 16.2. The van der Waals surface area contributed by atoms with Crippen molar-refractivity contribution < 1.29 is 32.2 Å². The molecule has 1 fully saturated rings. The Morgan fingerprint density at radius 3 is 2.37 bits per heavy atom. The van der Waals surface area contributed by atoms with E-state index in [1.54, 1.807) is 51.1 Å². The van der Waals surface area contributed by atoms with Crippen molar-refractivity contribution in [2.24, 2.45) is 0 Å². The van der Waals surface area contributed by atoms with Crippen molar-refractivity contribution in [2.75, 3.05) is 6.61 Å². The highest BCUT2D eigenvalue weighted by Crippen LogP contribution is 2.37. The van der Waals surface area contributed by atoms with Gasteiger partial charge in [0.05, 0.1) is 19.3 Å². The van der Waals surface area contributed by atoms with Crippen LogP contribution in [0.3, 0.4) is 0 Å². The van der Waals surface area contributed by atoms with Gasteiger partial charge in [0.25, 0.3) is 0 Å². The minimum Gasteiger partial charge on any atom is -0.444 e. The minimum absolute atomic E-state index is 0.232. The van der Waals surface area contributed by atoms with Crippen molar-refractivity contribution in [3.63, 3.8) is 0 Å². The summed E-state index contributed by atoms with van der Waals surface area (Å²) in [7, 11) is 0. The third kappa shape index (κ3) is 5.59. The van der Waals surface area contributed by atoms with E-state index in [-0.39, 0.29) is 13.2 Å². The molecule has 2 rings (SSSR count). The highest BCUT2D eigenvalue weighted by Gasteiger charge is 2.56. The third-order valence-corrected chi connectivity index (χ3v) is 4.05. The lowest BCUT2D eigenvalue weighted by molar-refractivity contribution is -0.238. The van der Waals surface area contributed by atoms with Crippen molar-refractivity contribution in [1.82, 2.24) is 4.90 Å². The van der Waals surface area contributed by atoms with Gasteiger partial charge in [0.15, 0.2) is 6.10 Å². The number of nitrogens with zero attached hydrogens (tertiary/aromatic N) is 1. The van der Waals surface area contributed by atoms with E-state index in [2.05, 4.69) is 0 Å². The summed E-state index contributed by atoms with van der Waals surface area (Å²) in [6.07, 6.45) is -7.75. The van der Waals surface area contributed by atoms with Crippen molar-refractivity contribution in [2.45, 2.75) is 70.9 Å².